The Morgan fingerprint density at radius 3 is 1.98 bits per heavy atom. The minimum absolute atomic E-state index is 0.0252. The van der Waals surface area contributed by atoms with Crippen LogP contribution in [0.25, 0.3) is 10.8 Å². The standard InChI is InChI=1S/C28H36O17/c1-9(25(38)39)13(30)6-12-16(26(40)41)17(31)10-4-2-3-5-11(10)24(12)45-28-23(37)21(35)19(33)15(44-28)8-42-27-22(36)20(34)18(32)14(7-29)43-27/h2-5,9,13-15,18-23,27-37H,6-8H2,1H3,(H,38,39)(H,40,41)/t9?,13?,14-,15-,18-,19-,20+,21+,22-,23-,27-,28+/m1/s1. The molecule has 2 unspecified atom stereocenters. The van der Waals surface area contributed by atoms with E-state index in [0.717, 1.165) is 0 Å². The summed E-state index contributed by atoms with van der Waals surface area (Å²) in [6, 6.07) is 5.75. The first kappa shape index (κ1) is 34.7. The van der Waals surface area contributed by atoms with Crippen LogP contribution in [0, 0.1) is 5.92 Å². The lowest BCUT2D eigenvalue weighted by atomic mass is 9.90. The Hall–Kier alpha value is -3.20. The molecule has 0 spiro atoms. The first-order valence-electron chi connectivity index (χ1n) is 13.9. The van der Waals surface area contributed by atoms with E-state index in [-0.39, 0.29) is 22.1 Å². The molecule has 11 N–H and O–H groups in total. The average molecular weight is 645 g/mol. The Bertz CT molecular complexity index is 1370. The van der Waals surface area contributed by atoms with Gasteiger partial charge in [-0.05, 0) is 6.92 Å². The number of benzene rings is 2. The first-order valence-corrected chi connectivity index (χ1v) is 13.9. The summed E-state index contributed by atoms with van der Waals surface area (Å²) in [4.78, 5) is 23.8. The Labute approximate surface area is 254 Å². The summed E-state index contributed by atoms with van der Waals surface area (Å²) in [7, 11) is 0. The summed E-state index contributed by atoms with van der Waals surface area (Å²) in [6.45, 7) is -0.234. The molecular weight excluding hydrogens is 608 g/mol. The van der Waals surface area contributed by atoms with Gasteiger partial charge in [0.1, 0.15) is 65.9 Å². The van der Waals surface area contributed by atoms with E-state index >= 15 is 0 Å². The quantitative estimate of drug-likeness (QED) is 0.115. The van der Waals surface area contributed by atoms with Gasteiger partial charge in [-0.15, -0.1) is 0 Å². The molecule has 0 aromatic heterocycles. The third-order valence-electron chi connectivity index (χ3n) is 8.01. The summed E-state index contributed by atoms with van der Waals surface area (Å²) < 4.78 is 22.2. The molecular formula is C28H36O17. The number of carboxylic acid groups (broad SMARTS) is 2. The second kappa shape index (κ2) is 14.1. The predicted molar refractivity (Wildman–Crippen MR) is 146 cm³/mol. The number of aliphatic hydroxyl groups excluding tert-OH is 8. The van der Waals surface area contributed by atoms with Crippen LogP contribution in [0.1, 0.15) is 22.8 Å². The number of aromatic carboxylic acids is 1. The van der Waals surface area contributed by atoms with Crippen LogP contribution in [0.4, 0.5) is 0 Å². The largest absolute Gasteiger partial charge is 0.506 e. The molecule has 17 nitrogen and oxygen atoms in total. The van der Waals surface area contributed by atoms with Gasteiger partial charge in [-0.2, -0.15) is 0 Å². The minimum Gasteiger partial charge on any atom is -0.506 e. The van der Waals surface area contributed by atoms with Crippen molar-refractivity contribution in [1.82, 2.24) is 0 Å². The van der Waals surface area contributed by atoms with Crippen molar-refractivity contribution in [2.75, 3.05) is 13.2 Å². The lowest BCUT2D eigenvalue weighted by Crippen LogP contribution is -2.62. The van der Waals surface area contributed by atoms with E-state index in [1.54, 1.807) is 0 Å². The van der Waals surface area contributed by atoms with Crippen molar-refractivity contribution in [3.05, 3.63) is 35.4 Å². The fourth-order valence-electron chi connectivity index (χ4n) is 5.21. The number of rotatable bonds is 11. The third kappa shape index (κ3) is 6.83. The predicted octanol–water partition coefficient (Wildman–Crippen LogP) is -3.13. The molecule has 2 aromatic rings. The van der Waals surface area contributed by atoms with Gasteiger partial charge in [0.15, 0.2) is 6.29 Å². The molecule has 2 aromatic carbocycles. The number of carboxylic acids is 2. The highest BCUT2D eigenvalue weighted by Crippen LogP contribution is 2.42. The minimum atomic E-state index is -1.97. The van der Waals surface area contributed by atoms with Crippen molar-refractivity contribution < 1.29 is 84.7 Å². The Balaban J connectivity index is 1.68. The van der Waals surface area contributed by atoms with Crippen molar-refractivity contribution in [3.8, 4) is 11.5 Å². The fourth-order valence-corrected chi connectivity index (χ4v) is 5.21. The maximum atomic E-state index is 12.3. The number of ether oxygens (including phenoxy) is 4. The van der Waals surface area contributed by atoms with Gasteiger partial charge in [0.25, 0.3) is 0 Å². The molecule has 2 heterocycles. The molecule has 45 heavy (non-hydrogen) atoms. The van der Waals surface area contributed by atoms with Crippen molar-refractivity contribution in [2.45, 2.75) is 80.9 Å². The molecule has 2 aliphatic rings. The van der Waals surface area contributed by atoms with Crippen LogP contribution >= 0.6 is 0 Å². The van der Waals surface area contributed by atoms with Crippen molar-refractivity contribution in [2.24, 2.45) is 5.92 Å². The van der Waals surface area contributed by atoms with Crippen LogP contribution in [0.2, 0.25) is 0 Å². The van der Waals surface area contributed by atoms with Crippen molar-refractivity contribution in [1.29, 1.82) is 0 Å². The van der Waals surface area contributed by atoms with E-state index in [4.69, 9.17) is 18.9 Å². The maximum absolute atomic E-state index is 12.3. The number of aliphatic carboxylic acids is 1. The zero-order valence-electron chi connectivity index (χ0n) is 23.7. The molecule has 0 amide bonds. The summed E-state index contributed by atoms with van der Waals surface area (Å²) in [5, 5.41) is 112. The second-order valence-corrected chi connectivity index (χ2v) is 10.9. The topological polar surface area (TPSA) is 294 Å². The number of phenols is 1. The van der Waals surface area contributed by atoms with Gasteiger partial charge in [-0.1, -0.05) is 24.3 Å². The summed E-state index contributed by atoms with van der Waals surface area (Å²) in [6.07, 6.45) is -19.6. The number of hydrogen-bond donors (Lipinski definition) is 11. The molecule has 250 valence electrons. The van der Waals surface area contributed by atoms with Gasteiger partial charge in [0.2, 0.25) is 6.29 Å². The van der Waals surface area contributed by atoms with Crippen LogP contribution < -0.4 is 4.74 Å². The zero-order chi connectivity index (χ0) is 33.3. The van der Waals surface area contributed by atoms with Crippen LogP contribution in [0.5, 0.6) is 11.5 Å². The Morgan fingerprint density at radius 1 is 0.844 bits per heavy atom. The van der Waals surface area contributed by atoms with E-state index in [2.05, 4.69) is 0 Å². The molecule has 2 fully saturated rings. The lowest BCUT2D eigenvalue weighted by Gasteiger charge is -2.42. The van der Waals surface area contributed by atoms with Gasteiger partial charge in [-0.25, -0.2) is 4.79 Å². The molecule has 12 atom stereocenters. The van der Waals surface area contributed by atoms with Crippen LogP contribution in [0.3, 0.4) is 0 Å². The highest BCUT2D eigenvalue weighted by molar-refractivity contribution is 6.05. The zero-order valence-corrected chi connectivity index (χ0v) is 23.7. The van der Waals surface area contributed by atoms with Gasteiger partial charge in [0, 0.05) is 22.8 Å². The van der Waals surface area contributed by atoms with Crippen LogP contribution in [-0.4, -0.2) is 149 Å². The van der Waals surface area contributed by atoms with Gasteiger partial charge in [-0.3, -0.25) is 4.79 Å². The van der Waals surface area contributed by atoms with Gasteiger partial charge < -0.3 is 75.1 Å². The highest BCUT2D eigenvalue weighted by Gasteiger charge is 2.48. The van der Waals surface area contributed by atoms with Crippen LogP contribution in [0.15, 0.2) is 24.3 Å². The SMILES string of the molecule is CC(C(=O)O)C(O)Cc1c(C(=O)O)c(O)c2ccccc2c1O[C@@H]1O[C@H](CO[C@@H]2O[C@H](CO)[C@@H](O)[C@H](O)[C@H]2O)[C@@H](O)[C@H](O)[C@H]1O. The van der Waals surface area contributed by atoms with E-state index in [0.29, 0.717) is 0 Å². The van der Waals surface area contributed by atoms with E-state index < -0.39 is 116 Å². The molecule has 4 rings (SSSR count). The second-order valence-electron chi connectivity index (χ2n) is 10.9. The Morgan fingerprint density at radius 2 is 1.40 bits per heavy atom. The number of aromatic hydroxyl groups is 1. The first-order chi connectivity index (χ1) is 21.2. The summed E-state index contributed by atoms with van der Waals surface area (Å²) in [5.74, 6) is -5.48. The number of fused-ring (bicyclic) bond motifs is 1. The monoisotopic (exact) mass is 644 g/mol. The molecule has 0 aliphatic carbocycles. The number of carbonyl (C=O) groups is 2. The normalized spacial score (nSPS) is 33.4. The molecule has 2 saturated heterocycles. The van der Waals surface area contributed by atoms with Gasteiger partial charge >= 0.3 is 11.9 Å². The number of hydrogen-bond acceptors (Lipinski definition) is 15. The van der Waals surface area contributed by atoms with E-state index in [1.165, 1.54) is 31.2 Å². The Kier molecular flexibility index (Phi) is 10.8. The molecule has 0 bridgehead atoms. The molecule has 0 radical (unpaired) electrons. The molecule has 17 heteroatoms. The van der Waals surface area contributed by atoms with Crippen molar-refractivity contribution >= 4 is 22.7 Å². The van der Waals surface area contributed by atoms with Crippen molar-refractivity contribution in [3.63, 3.8) is 0 Å². The highest BCUT2D eigenvalue weighted by atomic mass is 16.7. The summed E-state index contributed by atoms with van der Waals surface area (Å²) >= 11 is 0. The van der Waals surface area contributed by atoms with E-state index in [9.17, 15) is 65.8 Å². The van der Waals surface area contributed by atoms with Gasteiger partial charge in [0.05, 0.1) is 25.2 Å². The maximum Gasteiger partial charge on any atom is 0.339 e. The molecule has 0 saturated carbocycles. The average Bonchev–Trinajstić information content (AvgIpc) is 3.01. The number of aliphatic hydroxyl groups is 8. The molecule has 2 aliphatic heterocycles. The van der Waals surface area contributed by atoms with Crippen LogP contribution in [-0.2, 0) is 25.4 Å². The summed E-state index contributed by atoms with van der Waals surface area (Å²) in [5.41, 5.74) is -1.08. The smallest absolute Gasteiger partial charge is 0.339 e. The van der Waals surface area contributed by atoms with E-state index in [1.807, 2.05) is 0 Å². The fraction of sp³-hybridized carbons (Fsp3) is 0.571. The lowest BCUT2D eigenvalue weighted by molar-refractivity contribution is -0.323. The third-order valence-corrected chi connectivity index (χ3v) is 8.01.